The lowest BCUT2D eigenvalue weighted by molar-refractivity contribution is -0.122. The third-order valence-corrected chi connectivity index (χ3v) is 3.27. The van der Waals surface area contributed by atoms with Gasteiger partial charge in [0.25, 0.3) is 0 Å². The van der Waals surface area contributed by atoms with Crippen LogP contribution in [0.25, 0.3) is 0 Å². The van der Waals surface area contributed by atoms with Crippen molar-refractivity contribution in [3.05, 3.63) is 12.7 Å². The molecule has 92 valence electrons. The van der Waals surface area contributed by atoms with Crippen LogP contribution in [0.15, 0.2) is 12.7 Å². The molecule has 0 aromatic heterocycles. The van der Waals surface area contributed by atoms with Gasteiger partial charge in [0.1, 0.15) is 0 Å². The lowest BCUT2D eigenvalue weighted by Crippen LogP contribution is -2.46. The Kier molecular flexibility index (Phi) is 4.54. The van der Waals surface area contributed by atoms with Crippen LogP contribution < -0.4 is 10.6 Å². The quantitative estimate of drug-likeness (QED) is 0.700. The molecule has 1 aliphatic carbocycles. The molecule has 0 saturated heterocycles. The second kappa shape index (κ2) is 5.48. The van der Waals surface area contributed by atoms with E-state index in [1.54, 1.807) is 6.08 Å². The van der Waals surface area contributed by atoms with Gasteiger partial charge in [-0.1, -0.05) is 19.9 Å². The minimum absolute atomic E-state index is 0.0598. The van der Waals surface area contributed by atoms with E-state index in [4.69, 9.17) is 0 Å². The molecular weight excluding hydrogens is 200 g/mol. The third-order valence-electron chi connectivity index (χ3n) is 3.27. The minimum atomic E-state index is -0.112. The molecule has 0 bridgehead atoms. The second-order valence-electron chi connectivity index (χ2n) is 5.53. The first-order valence-electron chi connectivity index (χ1n) is 6.09. The van der Waals surface area contributed by atoms with Gasteiger partial charge in [-0.05, 0) is 31.6 Å². The number of hydrogen-bond acceptors (Lipinski definition) is 2. The van der Waals surface area contributed by atoms with Crippen molar-refractivity contribution in [3.8, 4) is 0 Å². The van der Waals surface area contributed by atoms with Crippen LogP contribution in [0.2, 0.25) is 0 Å². The van der Waals surface area contributed by atoms with Crippen molar-refractivity contribution >= 4 is 5.91 Å². The predicted octanol–water partition coefficient (Wildman–Crippen LogP) is 1.85. The molecule has 1 fully saturated rings. The fourth-order valence-electron chi connectivity index (χ4n) is 2.33. The normalized spacial score (nSPS) is 25.1. The van der Waals surface area contributed by atoms with E-state index in [1.807, 2.05) is 6.92 Å². The largest absolute Gasteiger partial charge is 0.351 e. The first-order valence-corrected chi connectivity index (χ1v) is 6.09. The third kappa shape index (κ3) is 3.97. The number of carbonyl (C=O) groups excluding carboxylic acids is 1. The highest BCUT2D eigenvalue weighted by atomic mass is 16.2. The average Bonchev–Trinajstić information content (AvgIpc) is 2.54. The SMILES string of the molecule is C=CCNC(=O)C(C)NC1CCC(C)(C)C1. The number of carbonyl (C=O) groups is 1. The molecule has 3 heteroatoms. The van der Waals surface area contributed by atoms with Gasteiger partial charge in [0.05, 0.1) is 6.04 Å². The molecule has 0 aliphatic heterocycles. The molecule has 0 aromatic rings. The van der Waals surface area contributed by atoms with Crippen molar-refractivity contribution in [2.24, 2.45) is 5.41 Å². The van der Waals surface area contributed by atoms with E-state index in [9.17, 15) is 4.79 Å². The van der Waals surface area contributed by atoms with Crippen LogP contribution in [-0.4, -0.2) is 24.5 Å². The highest BCUT2D eigenvalue weighted by molar-refractivity contribution is 5.81. The molecule has 3 nitrogen and oxygen atoms in total. The van der Waals surface area contributed by atoms with Crippen molar-refractivity contribution in [2.75, 3.05) is 6.54 Å². The fraction of sp³-hybridized carbons (Fsp3) is 0.769. The average molecular weight is 224 g/mol. The van der Waals surface area contributed by atoms with Gasteiger partial charge in [0.15, 0.2) is 0 Å². The highest BCUT2D eigenvalue weighted by Crippen LogP contribution is 2.36. The molecule has 16 heavy (non-hydrogen) atoms. The van der Waals surface area contributed by atoms with Crippen LogP contribution in [0.5, 0.6) is 0 Å². The first kappa shape index (κ1) is 13.2. The molecule has 0 aromatic carbocycles. The summed E-state index contributed by atoms with van der Waals surface area (Å²) in [5.41, 5.74) is 0.426. The Morgan fingerprint density at radius 2 is 2.31 bits per heavy atom. The second-order valence-corrected chi connectivity index (χ2v) is 5.53. The maximum Gasteiger partial charge on any atom is 0.237 e. The molecule has 1 saturated carbocycles. The summed E-state index contributed by atoms with van der Waals surface area (Å²) in [4.78, 5) is 11.6. The van der Waals surface area contributed by atoms with E-state index in [0.717, 1.165) is 6.42 Å². The number of nitrogens with one attached hydrogen (secondary N) is 2. The molecule has 2 N–H and O–H groups in total. The zero-order valence-electron chi connectivity index (χ0n) is 10.7. The summed E-state index contributed by atoms with van der Waals surface area (Å²) in [6.07, 6.45) is 5.27. The summed E-state index contributed by atoms with van der Waals surface area (Å²) in [7, 11) is 0. The van der Waals surface area contributed by atoms with Crippen molar-refractivity contribution in [3.63, 3.8) is 0 Å². The van der Waals surface area contributed by atoms with Gasteiger partial charge in [-0.2, -0.15) is 0 Å². The van der Waals surface area contributed by atoms with Gasteiger partial charge in [0.2, 0.25) is 5.91 Å². The van der Waals surface area contributed by atoms with E-state index in [2.05, 4.69) is 31.1 Å². The molecule has 1 rings (SSSR count). The van der Waals surface area contributed by atoms with Crippen molar-refractivity contribution in [1.82, 2.24) is 10.6 Å². The zero-order valence-corrected chi connectivity index (χ0v) is 10.7. The molecule has 0 spiro atoms. The molecule has 0 heterocycles. The minimum Gasteiger partial charge on any atom is -0.351 e. The van der Waals surface area contributed by atoms with E-state index < -0.39 is 0 Å². The van der Waals surface area contributed by atoms with Crippen molar-refractivity contribution in [2.45, 2.75) is 52.1 Å². The Morgan fingerprint density at radius 3 is 2.81 bits per heavy atom. The van der Waals surface area contributed by atoms with Crippen LogP contribution in [0, 0.1) is 5.41 Å². The Morgan fingerprint density at radius 1 is 1.62 bits per heavy atom. The monoisotopic (exact) mass is 224 g/mol. The Balaban J connectivity index is 2.31. The number of amides is 1. The van der Waals surface area contributed by atoms with Gasteiger partial charge in [-0.15, -0.1) is 6.58 Å². The first-order chi connectivity index (χ1) is 7.44. The molecular formula is C13H24N2O. The summed E-state index contributed by atoms with van der Waals surface area (Å²) >= 11 is 0. The topological polar surface area (TPSA) is 41.1 Å². The Bertz CT molecular complexity index is 261. The summed E-state index contributed by atoms with van der Waals surface area (Å²) in [5.74, 6) is 0.0598. The smallest absolute Gasteiger partial charge is 0.237 e. The van der Waals surface area contributed by atoms with Crippen LogP contribution >= 0.6 is 0 Å². The Labute approximate surface area is 98.7 Å². The standard InChI is InChI=1S/C13H24N2O/c1-5-8-14-12(16)10(2)15-11-6-7-13(3,4)9-11/h5,10-11,15H,1,6-9H2,2-4H3,(H,14,16). The number of hydrogen-bond donors (Lipinski definition) is 2. The van der Waals surface area contributed by atoms with Crippen LogP contribution in [0.3, 0.4) is 0 Å². The summed E-state index contributed by atoms with van der Waals surface area (Å²) in [5, 5.41) is 6.20. The predicted molar refractivity (Wildman–Crippen MR) is 67.2 cm³/mol. The van der Waals surface area contributed by atoms with Gasteiger partial charge in [0, 0.05) is 12.6 Å². The van der Waals surface area contributed by atoms with Crippen LogP contribution in [0.1, 0.15) is 40.0 Å². The van der Waals surface area contributed by atoms with E-state index in [1.165, 1.54) is 12.8 Å². The van der Waals surface area contributed by atoms with Gasteiger partial charge < -0.3 is 10.6 Å². The maximum absolute atomic E-state index is 11.6. The number of rotatable bonds is 5. The molecule has 1 amide bonds. The summed E-state index contributed by atoms with van der Waals surface area (Å²) in [6.45, 7) is 10.6. The summed E-state index contributed by atoms with van der Waals surface area (Å²) in [6, 6.07) is 0.373. The Hall–Kier alpha value is -0.830. The lowest BCUT2D eigenvalue weighted by atomic mass is 9.92. The maximum atomic E-state index is 11.6. The van der Waals surface area contributed by atoms with Crippen molar-refractivity contribution < 1.29 is 4.79 Å². The van der Waals surface area contributed by atoms with Gasteiger partial charge in [-0.25, -0.2) is 0 Å². The highest BCUT2D eigenvalue weighted by Gasteiger charge is 2.32. The van der Waals surface area contributed by atoms with E-state index in [-0.39, 0.29) is 11.9 Å². The van der Waals surface area contributed by atoms with Crippen LogP contribution in [0.4, 0.5) is 0 Å². The fourth-order valence-corrected chi connectivity index (χ4v) is 2.33. The molecule has 0 radical (unpaired) electrons. The molecule has 2 atom stereocenters. The van der Waals surface area contributed by atoms with E-state index >= 15 is 0 Å². The molecule has 1 aliphatic rings. The summed E-state index contributed by atoms with van der Waals surface area (Å²) < 4.78 is 0. The van der Waals surface area contributed by atoms with Gasteiger partial charge >= 0.3 is 0 Å². The van der Waals surface area contributed by atoms with Crippen molar-refractivity contribution in [1.29, 1.82) is 0 Å². The lowest BCUT2D eigenvalue weighted by Gasteiger charge is -2.21. The van der Waals surface area contributed by atoms with Gasteiger partial charge in [-0.3, -0.25) is 4.79 Å². The zero-order chi connectivity index (χ0) is 12.2. The van der Waals surface area contributed by atoms with Crippen LogP contribution in [-0.2, 0) is 4.79 Å². The molecule has 2 unspecified atom stereocenters. The van der Waals surface area contributed by atoms with E-state index in [0.29, 0.717) is 18.0 Å².